The first kappa shape index (κ1) is 20.4. The molecule has 0 aromatic heterocycles. The Hall–Kier alpha value is -1.83. The first-order chi connectivity index (χ1) is 13.7. The van der Waals surface area contributed by atoms with Gasteiger partial charge in [-0.1, -0.05) is 42.0 Å². The first-order valence-electron chi connectivity index (χ1n) is 9.92. The van der Waals surface area contributed by atoms with E-state index in [0.29, 0.717) is 18.7 Å². The van der Waals surface area contributed by atoms with Crippen molar-refractivity contribution in [2.75, 3.05) is 19.6 Å². The highest BCUT2D eigenvalue weighted by Gasteiger charge is 2.50. The van der Waals surface area contributed by atoms with Crippen LogP contribution in [0.1, 0.15) is 28.7 Å². The van der Waals surface area contributed by atoms with Gasteiger partial charge in [0.25, 0.3) is 5.92 Å². The summed E-state index contributed by atoms with van der Waals surface area (Å²) in [7, 11) is -3.99. The molecule has 1 atom stereocenters. The lowest BCUT2D eigenvalue weighted by molar-refractivity contribution is 0.0165. The van der Waals surface area contributed by atoms with Gasteiger partial charge in [-0.3, -0.25) is 4.90 Å². The molecule has 2 aromatic carbocycles. The lowest BCUT2D eigenvalue weighted by Crippen LogP contribution is -2.44. The molecule has 0 N–H and O–H groups in total. The minimum atomic E-state index is -3.99. The lowest BCUT2D eigenvalue weighted by atomic mass is 9.99. The number of aryl methyl sites for hydroxylation is 2. The second kappa shape index (κ2) is 7.45. The number of sulfonamides is 1. The number of hydrogen-bond acceptors (Lipinski definition) is 3. The van der Waals surface area contributed by atoms with Gasteiger partial charge in [0.15, 0.2) is 0 Å². The van der Waals surface area contributed by atoms with Gasteiger partial charge in [-0.05, 0) is 43.0 Å². The number of rotatable bonds is 4. The maximum atomic E-state index is 14.3. The normalized spacial score (nSPS) is 22.6. The Balaban J connectivity index is 1.59. The van der Waals surface area contributed by atoms with E-state index in [-0.39, 0.29) is 4.90 Å². The van der Waals surface area contributed by atoms with Crippen LogP contribution in [-0.4, -0.2) is 49.2 Å². The standard InChI is InChI=1S/C22H26F2N2O2S/c1-16-7-8-21(17(2)11-16)29(27,28)26-15-22(23,24)12-20(26)14-25-10-9-18-5-3-4-6-19(18)13-25/h3-8,11,20H,9-10,12-15H2,1-2H3/t20-/m0/s1. The molecule has 0 amide bonds. The molecule has 2 heterocycles. The quantitative estimate of drug-likeness (QED) is 0.756. The van der Waals surface area contributed by atoms with Gasteiger partial charge in [-0.2, -0.15) is 4.31 Å². The van der Waals surface area contributed by atoms with Crippen molar-refractivity contribution in [3.63, 3.8) is 0 Å². The maximum absolute atomic E-state index is 14.3. The van der Waals surface area contributed by atoms with Crippen LogP contribution in [0.3, 0.4) is 0 Å². The average Bonchev–Trinajstić information content (AvgIpc) is 2.96. The predicted molar refractivity (Wildman–Crippen MR) is 109 cm³/mol. The molecule has 0 bridgehead atoms. The summed E-state index contributed by atoms with van der Waals surface area (Å²) >= 11 is 0. The van der Waals surface area contributed by atoms with Gasteiger partial charge in [0, 0.05) is 32.1 Å². The molecule has 4 nitrogen and oxygen atoms in total. The van der Waals surface area contributed by atoms with Crippen LogP contribution in [0.5, 0.6) is 0 Å². The van der Waals surface area contributed by atoms with Crippen LogP contribution in [0, 0.1) is 13.8 Å². The summed E-state index contributed by atoms with van der Waals surface area (Å²) in [6.07, 6.45) is 0.415. The summed E-state index contributed by atoms with van der Waals surface area (Å²) < 4.78 is 56.2. The zero-order valence-electron chi connectivity index (χ0n) is 16.7. The monoisotopic (exact) mass is 420 g/mol. The Kier molecular flexibility index (Phi) is 5.25. The van der Waals surface area contributed by atoms with Crippen LogP contribution >= 0.6 is 0 Å². The van der Waals surface area contributed by atoms with Gasteiger partial charge in [-0.15, -0.1) is 0 Å². The minimum Gasteiger partial charge on any atom is -0.297 e. The largest absolute Gasteiger partial charge is 0.297 e. The van der Waals surface area contributed by atoms with Crippen molar-refractivity contribution in [1.29, 1.82) is 0 Å². The van der Waals surface area contributed by atoms with Gasteiger partial charge >= 0.3 is 0 Å². The Labute approximate surface area is 171 Å². The summed E-state index contributed by atoms with van der Waals surface area (Å²) in [5.41, 5.74) is 4.00. The smallest absolute Gasteiger partial charge is 0.263 e. The third kappa shape index (κ3) is 4.09. The molecule has 1 fully saturated rings. The molecule has 2 aliphatic rings. The van der Waals surface area contributed by atoms with E-state index >= 15 is 0 Å². The zero-order chi connectivity index (χ0) is 20.8. The van der Waals surface area contributed by atoms with Crippen molar-refractivity contribution < 1.29 is 17.2 Å². The Morgan fingerprint density at radius 2 is 1.83 bits per heavy atom. The Bertz CT molecular complexity index is 1020. The van der Waals surface area contributed by atoms with E-state index in [9.17, 15) is 17.2 Å². The molecule has 4 rings (SSSR count). The van der Waals surface area contributed by atoms with E-state index in [1.54, 1.807) is 19.1 Å². The van der Waals surface area contributed by atoms with Crippen molar-refractivity contribution in [2.24, 2.45) is 0 Å². The number of hydrogen-bond donors (Lipinski definition) is 0. The molecular weight excluding hydrogens is 394 g/mol. The fraction of sp³-hybridized carbons (Fsp3) is 0.455. The summed E-state index contributed by atoms with van der Waals surface area (Å²) in [6.45, 7) is 4.56. The molecular formula is C22H26F2N2O2S. The Morgan fingerprint density at radius 1 is 1.10 bits per heavy atom. The molecule has 7 heteroatoms. The number of nitrogens with zero attached hydrogens (tertiary/aromatic N) is 2. The third-order valence-electron chi connectivity index (χ3n) is 5.92. The van der Waals surface area contributed by atoms with Gasteiger partial charge in [0.1, 0.15) is 0 Å². The van der Waals surface area contributed by atoms with Crippen LogP contribution in [0.25, 0.3) is 0 Å². The van der Waals surface area contributed by atoms with Crippen molar-refractivity contribution in [2.45, 2.75) is 50.1 Å². The Morgan fingerprint density at radius 3 is 2.55 bits per heavy atom. The molecule has 2 aromatic rings. The van der Waals surface area contributed by atoms with E-state index in [4.69, 9.17) is 0 Å². The lowest BCUT2D eigenvalue weighted by Gasteiger charge is -2.33. The van der Waals surface area contributed by atoms with Crippen LogP contribution in [-0.2, 0) is 23.0 Å². The van der Waals surface area contributed by atoms with E-state index in [2.05, 4.69) is 17.0 Å². The first-order valence-corrected chi connectivity index (χ1v) is 11.4. The highest BCUT2D eigenvalue weighted by atomic mass is 32.2. The average molecular weight is 421 g/mol. The summed E-state index contributed by atoms with van der Waals surface area (Å²) in [5, 5.41) is 0. The van der Waals surface area contributed by atoms with Crippen molar-refractivity contribution in [3.8, 4) is 0 Å². The summed E-state index contributed by atoms with van der Waals surface area (Å²) in [6, 6.07) is 12.4. The summed E-state index contributed by atoms with van der Waals surface area (Å²) in [5.74, 6) is -3.01. The van der Waals surface area contributed by atoms with Gasteiger partial charge in [0.2, 0.25) is 10.0 Å². The van der Waals surface area contributed by atoms with Crippen LogP contribution in [0.15, 0.2) is 47.4 Å². The molecule has 29 heavy (non-hydrogen) atoms. The number of halogens is 2. The fourth-order valence-corrected chi connectivity index (χ4v) is 6.38. The number of fused-ring (bicyclic) bond motifs is 1. The van der Waals surface area contributed by atoms with Crippen molar-refractivity contribution in [3.05, 3.63) is 64.7 Å². The second-order valence-electron chi connectivity index (χ2n) is 8.29. The van der Waals surface area contributed by atoms with Crippen LogP contribution < -0.4 is 0 Å². The SMILES string of the molecule is Cc1ccc(S(=O)(=O)N2CC(F)(F)C[C@H]2CN2CCc3ccccc3C2)c(C)c1. The molecule has 0 aliphatic carbocycles. The van der Waals surface area contributed by atoms with E-state index in [1.165, 1.54) is 17.2 Å². The van der Waals surface area contributed by atoms with Crippen molar-refractivity contribution >= 4 is 10.0 Å². The highest BCUT2D eigenvalue weighted by Crippen LogP contribution is 2.37. The van der Waals surface area contributed by atoms with Gasteiger partial charge in [-0.25, -0.2) is 17.2 Å². The topological polar surface area (TPSA) is 40.6 Å². The van der Waals surface area contributed by atoms with E-state index < -0.39 is 35.0 Å². The number of alkyl halides is 2. The molecule has 156 valence electrons. The zero-order valence-corrected chi connectivity index (χ0v) is 17.6. The molecule has 0 spiro atoms. The molecule has 2 aliphatic heterocycles. The van der Waals surface area contributed by atoms with Crippen LogP contribution in [0.2, 0.25) is 0 Å². The van der Waals surface area contributed by atoms with E-state index in [1.807, 2.05) is 19.1 Å². The molecule has 0 radical (unpaired) electrons. The van der Waals surface area contributed by atoms with Crippen molar-refractivity contribution in [1.82, 2.24) is 9.21 Å². The highest BCUT2D eigenvalue weighted by molar-refractivity contribution is 7.89. The van der Waals surface area contributed by atoms with Gasteiger partial charge < -0.3 is 0 Å². The van der Waals surface area contributed by atoms with Gasteiger partial charge in [0.05, 0.1) is 11.4 Å². The number of benzene rings is 2. The summed E-state index contributed by atoms with van der Waals surface area (Å²) in [4.78, 5) is 2.22. The minimum absolute atomic E-state index is 0.120. The van der Waals surface area contributed by atoms with Crippen LogP contribution in [0.4, 0.5) is 8.78 Å². The maximum Gasteiger partial charge on any atom is 0.263 e. The molecule has 1 saturated heterocycles. The third-order valence-corrected chi connectivity index (χ3v) is 7.98. The van der Waals surface area contributed by atoms with E-state index in [0.717, 1.165) is 22.8 Å². The predicted octanol–water partition coefficient (Wildman–Crippen LogP) is 3.76. The second-order valence-corrected chi connectivity index (χ2v) is 10.1. The fourth-order valence-electron chi connectivity index (χ4n) is 4.53. The molecule has 0 unspecified atom stereocenters. The molecule has 0 saturated carbocycles.